The topological polar surface area (TPSA) is 12.0 Å². The van der Waals surface area contributed by atoms with Gasteiger partial charge in [0.25, 0.3) is 0 Å². The van der Waals surface area contributed by atoms with Gasteiger partial charge in [0.1, 0.15) is 5.82 Å². The van der Waals surface area contributed by atoms with Crippen molar-refractivity contribution in [1.82, 2.24) is 5.32 Å². The Labute approximate surface area is 96.8 Å². The summed E-state index contributed by atoms with van der Waals surface area (Å²) in [7, 11) is 0. The van der Waals surface area contributed by atoms with Crippen LogP contribution >= 0.6 is 15.9 Å². The van der Waals surface area contributed by atoms with Crippen LogP contribution < -0.4 is 5.32 Å². The summed E-state index contributed by atoms with van der Waals surface area (Å²) in [4.78, 5) is 0. The molecule has 0 aliphatic heterocycles. The van der Waals surface area contributed by atoms with Crippen LogP contribution in [-0.2, 0) is 0 Å². The number of nitrogens with one attached hydrogen (secondary N) is 1. The summed E-state index contributed by atoms with van der Waals surface area (Å²) < 4.78 is 14.3. The largest absolute Gasteiger partial charge is 0.375 e. The van der Waals surface area contributed by atoms with Gasteiger partial charge in [-0.15, -0.1) is 5.73 Å². The van der Waals surface area contributed by atoms with Gasteiger partial charge in [0.2, 0.25) is 0 Å². The van der Waals surface area contributed by atoms with Crippen LogP contribution in [0.1, 0.15) is 18.4 Å². The maximum absolute atomic E-state index is 13.6. The molecule has 1 aliphatic carbocycles. The van der Waals surface area contributed by atoms with Gasteiger partial charge in [0.05, 0.1) is 5.70 Å². The highest BCUT2D eigenvalue weighted by atomic mass is 79.9. The zero-order valence-corrected chi connectivity index (χ0v) is 9.77. The number of hydrogen-bond donors (Lipinski definition) is 1. The Kier molecular flexibility index (Phi) is 2.94. The van der Waals surface area contributed by atoms with E-state index < -0.39 is 0 Å². The lowest BCUT2D eigenvalue weighted by Crippen LogP contribution is -2.14. The molecule has 0 atom stereocenters. The van der Waals surface area contributed by atoms with Crippen LogP contribution in [0.4, 0.5) is 4.39 Å². The van der Waals surface area contributed by atoms with Gasteiger partial charge in [0.15, 0.2) is 0 Å². The van der Waals surface area contributed by atoms with Gasteiger partial charge in [-0.3, -0.25) is 0 Å². The van der Waals surface area contributed by atoms with E-state index in [2.05, 4.69) is 33.6 Å². The first kappa shape index (κ1) is 10.5. The van der Waals surface area contributed by atoms with Crippen LogP contribution in [0.15, 0.2) is 35.0 Å². The minimum atomic E-state index is -0.260. The predicted octanol–water partition coefficient (Wildman–Crippen LogP) is 3.47. The van der Waals surface area contributed by atoms with Crippen molar-refractivity contribution in [3.05, 3.63) is 46.4 Å². The third-order valence-corrected chi connectivity index (χ3v) is 2.80. The van der Waals surface area contributed by atoms with Crippen LogP contribution in [0.3, 0.4) is 0 Å². The van der Waals surface area contributed by atoms with Crippen molar-refractivity contribution in [2.45, 2.75) is 18.9 Å². The molecule has 3 heteroatoms. The normalized spacial score (nSPS) is 14.5. The van der Waals surface area contributed by atoms with Crippen LogP contribution in [0.25, 0.3) is 5.70 Å². The number of hydrogen-bond acceptors (Lipinski definition) is 1. The molecule has 0 aromatic heterocycles. The summed E-state index contributed by atoms with van der Waals surface area (Å²) in [6, 6.07) is 5.45. The van der Waals surface area contributed by atoms with Crippen molar-refractivity contribution < 1.29 is 4.39 Å². The van der Waals surface area contributed by atoms with Crippen LogP contribution in [0.2, 0.25) is 0 Å². The molecule has 78 valence electrons. The first-order valence-corrected chi connectivity index (χ1v) is 5.62. The maximum atomic E-state index is 13.6. The third kappa shape index (κ3) is 2.49. The molecule has 1 nitrogen and oxygen atoms in total. The summed E-state index contributed by atoms with van der Waals surface area (Å²) in [6.07, 6.45) is 2.28. The fraction of sp³-hybridized carbons (Fsp3) is 0.250. The molecule has 1 aromatic carbocycles. The summed E-state index contributed by atoms with van der Waals surface area (Å²) in [5.74, 6) is -0.260. The van der Waals surface area contributed by atoms with E-state index in [1.165, 1.54) is 6.07 Å². The summed E-state index contributed by atoms with van der Waals surface area (Å²) >= 11 is 3.22. The monoisotopic (exact) mass is 267 g/mol. The van der Waals surface area contributed by atoms with Gasteiger partial charge >= 0.3 is 0 Å². The Morgan fingerprint density at radius 2 is 2.27 bits per heavy atom. The molecule has 0 bridgehead atoms. The number of halogens is 2. The molecule has 1 aliphatic rings. The molecule has 0 unspecified atom stereocenters. The molecule has 1 saturated carbocycles. The van der Waals surface area contributed by atoms with E-state index in [9.17, 15) is 4.39 Å². The summed E-state index contributed by atoms with van der Waals surface area (Å²) in [5, 5.41) is 3.20. The first-order valence-electron chi connectivity index (χ1n) is 4.82. The van der Waals surface area contributed by atoms with E-state index >= 15 is 0 Å². The number of rotatable bonds is 3. The minimum absolute atomic E-state index is 0.260. The van der Waals surface area contributed by atoms with Crippen LogP contribution in [-0.4, -0.2) is 6.04 Å². The number of benzene rings is 1. The maximum Gasteiger partial charge on any atom is 0.134 e. The summed E-state index contributed by atoms with van der Waals surface area (Å²) in [6.45, 7) is 3.58. The van der Waals surface area contributed by atoms with Crippen molar-refractivity contribution in [2.75, 3.05) is 0 Å². The lowest BCUT2D eigenvalue weighted by Gasteiger charge is -2.08. The van der Waals surface area contributed by atoms with E-state index in [1.807, 2.05) is 6.07 Å². The highest BCUT2D eigenvalue weighted by Gasteiger charge is 2.22. The van der Waals surface area contributed by atoms with E-state index in [1.54, 1.807) is 6.07 Å². The highest BCUT2D eigenvalue weighted by molar-refractivity contribution is 9.10. The zero-order valence-electron chi connectivity index (χ0n) is 8.19. The fourth-order valence-electron chi connectivity index (χ4n) is 1.35. The molecule has 15 heavy (non-hydrogen) atoms. The van der Waals surface area contributed by atoms with Gasteiger partial charge in [0, 0.05) is 16.1 Å². The van der Waals surface area contributed by atoms with E-state index in [4.69, 9.17) is 0 Å². The molecular formula is C12H11BrFN. The van der Waals surface area contributed by atoms with E-state index in [-0.39, 0.29) is 5.82 Å². The van der Waals surface area contributed by atoms with Crippen molar-refractivity contribution >= 4 is 21.6 Å². The minimum Gasteiger partial charge on any atom is -0.375 e. The average molecular weight is 268 g/mol. The fourth-order valence-corrected chi connectivity index (χ4v) is 1.68. The molecular weight excluding hydrogens is 257 g/mol. The molecule has 0 heterocycles. The first-order chi connectivity index (χ1) is 7.20. The zero-order chi connectivity index (χ0) is 10.8. The highest BCUT2D eigenvalue weighted by Crippen LogP contribution is 2.25. The summed E-state index contributed by atoms with van der Waals surface area (Å²) in [5.41, 5.74) is 3.93. The SMILES string of the molecule is C=C=C(NC1CC1)c1ccc(Br)cc1F. The lowest BCUT2D eigenvalue weighted by atomic mass is 10.1. The van der Waals surface area contributed by atoms with Gasteiger partial charge < -0.3 is 5.32 Å². The smallest absolute Gasteiger partial charge is 0.134 e. The Bertz CT molecular complexity index is 431. The second-order valence-corrected chi connectivity index (χ2v) is 4.51. The van der Waals surface area contributed by atoms with Crippen molar-refractivity contribution in [3.8, 4) is 0 Å². The van der Waals surface area contributed by atoms with Gasteiger partial charge in [-0.05, 0) is 31.0 Å². The molecule has 0 spiro atoms. The van der Waals surface area contributed by atoms with Crippen molar-refractivity contribution in [1.29, 1.82) is 0 Å². The lowest BCUT2D eigenvalue weighted by molar-refractivity contribution is 0.621. The van der Waals surface area contributed by atoms with Crippen molar-refractivity contribution in [2.24, 2.45) is 0 Å². The molecule has 1 fully saturated rings. The molecule has 0 amide bonds. The Morgan fingerprint density at radius 3 is 2.80 bits per heavy atom. The quantitative estimate of drug-likeness (QED) is 0.828. The molecule has 0 saturated heterocycles. The second-order valence-electron chi connectivity index (χ2n) is 3.59. The third-order valence-electron chi connectivity index (χ3n) is 2.30. The standard InChI is InChI=1S/C12H11BrFN/c1-2-12(15-9-4-5-9)10-6-3-8(13)7-11(10)14/h3,6-7,9,15H,1,4-5H2. The molecule has 1 N–H and O–H groups in total. The second kappa shape index (κ2) is 4.21. The molecule has 2 rings (SSSR count). The van der Waals surface area contributed by atoms with Crippen LogP contribution in [0.5, 0.6) is 0 Å². The Morgan fingerprint density at radius 1 is 1.53 bits per heavy atom. The Balaban J connectivity index is 2.29. The van der Waals surface area contributed by atoms with Crippen molar-refractivity contribution in [3.63, 3.8) is 0 Å². The predicted molar refractivity (Wildman–Crippen MR) is 62.8 cm³/mol. The van der Waals surface area contributed by atoms with Gasteiger partial charge in [-0.25, -0.2) is 4.39 Å². The molecule has 1 aromatic rings. The van der Waals surface area contributed by atoms with E-state index in [0.717, 1.165) is 17.3 Å². The van der Waals surface area contributed by atoms with Crippen LogP contribution in [0, 0.1) is 5.82 Å². The molecule has 0 radical (unpaired) electrons. The van der Waals surface area contributed by atoms with Gasteiger partial charge in [-0.1, -0.05) is 22.5 Å². The average Bonchev–Trinajstić information content (AvgIpc) is 2.99. The van der Waals surface area contributed by atoms with E-state index in [0.29, 0.717) is 17.3 Å². The Hall–Kier alpha value is -1.05. The van der Waals surface area contributed by atoms with Gasteiger partial charge in [-0.2, -0.15) is 0 Å².